The van der Waals surface area contributed by atoms with Crippen LogP contribution < -0.4 is 5.32 Å². The third kappa shape index (κ3) is 3.49. The van der Waals surface area contributed by atoms with E-state index in [1.54, 1.807) is 18.4 Å². The Kier molecular flexibility index (Phi) is 4.50. The standard InChI is InChI=1S/C22H19FN2O2/c1-15(17-7-3-2-4-8-17)24-22(26)20-13-21-19(10-11-27-21)25(20)14-16-6-5-9-18(23)12-16/h2-13,15H,14H2,1H3,(H,24,26). The van der Waals surface area contributed by atoms with Crippen molar-refractivity contribution in [3.05, 3.63) is 95.6 Å². The van der Waals surface area contributed by atoms with E-state index in [1.807, 2.05) is 54.0 Å². The molecule has 136 valence electrons. The Labute approximate surface area is 156 Å². The average molecular weight is 362 g/mol. The number of hydrogen-bond acceptors (Lipinski definition) is 2. The molecule has 2 heterocycles. The number of carbonyl (C=O) groups is 1. The van der Waals surface area contributed by atoms with Crippen molar-refractivity contribution in [2.45, 2.75) is 19.5 Å². The fourth-order valence-corrected chi connectivity index (χ4v) is 3.25. The Bertz CT molecular complexity index is 1080. The minimum Gasteiger partial charge on any atom is -0.463 e. The van der Waals surface area contributed by atoms with Crippen LogP contribution in [0.2, 0.25) is 0 Å². The molecule has 0 saturated carbocycles. The summed E-state index contributed by atoms with van der Waals surface area (Å²) >= 11 is 0. The van der Waals surface area contributed by atoms with Crippen LogP contribution in [0.15, 0.2) is 77.4 Å². The molecule has 4 nitrogen and oxygen atoms in total. The van der Waals surface area contributed by atoms with Crippen LogP contribution in [0.25, 0.3) is 11.1 Å². The lowest BCUT2D eigenvalue weighted by Gasteiger charge is -2.16. The lowest BCUT2D eigenvalue weighted by atomic mass is 10.1. The normalized spacial score (nSPS) is 12.2. The van der Waals surface area contributed by atoms with Gasteiger partial charge in [0.15, 0.2) is 5.58 Å². The molecular formula is C22H19FN2O2. The third-order valence-corrected chi connectivity index (χ3v) is 4.63. The van der Waals surface area contributed by atoms with Gasteiger partial charge in [0.05, 0.1) is 17.8 Å². The molecule has 4 rings (SSSR count). The number of nitrogens with one attached hydrogen (secondary N) is 1. The second-order valence-electron chi connectivity index (χ2n) is 6.52. The van der Waals surface area contributed by atoms with Gasteiger partial charge in [-0.2, -0.15) is 0 Å². The fraction of sp³-hybridized carbons (Fsp3) is 0.136. The van der Waals surface area contributed by atoms with Gasteiger partial charge in [-0.1, -0.05) is 42.5 Å². The topological polar surface area (TPSA) is 47.2 Å². The van der Waals surface area contributed by atoms with Crippen molar-refractivity contribution in [2.75, 3.05) is 0 Å². The van der Waals surface area contributed by atoms with E-state index in [2.05, 4.69) is 5.32 Å². The third-order valence-electron chi connectivity index (χ3n) is 4.63. The number of fused-ring (bicyclic) bond motifs is 1. The van der Waals surface area contributed by atoms with Crippen molar-refractivity contribution in [3.63, 3.8) is 0 Å². The molecule has 2 aromatic carbocycles. The molecule has 5 heteroatoms. The summed E-state index contributed by atoms with van der Waals surface area (Å²) in [5.41, 5.74) is 3.72. The monoisotopic (exact) mass is 362 g/mol. The molecule has 1 N–H and O–H groups in total. The lowest BCUT2D eigenvalue weighted by molar-refractivity contribution is 0.0931. The van der Waals surface area contributed by atoms with Crippen LogP contribution in [-0.4, -0.2) is 10.5 Å². The van der Waals surface area contributed by atoms with Crippen LogP contribution in [-0.2, 0) is 6.54 Å². The average Bonchev–Trinajstić information content (AvgIpc) is 3.25. The summed E-state index contributed by atoms with van der Waals surface area (Å²) < 4.78 is 20.9. The number of aromatic nitrogens is 1. The summed E-state index contributed by atoms with van der Waals surface area (Å²) in [4.78, 5) is 12.9. The Hall–Kier alpha value is -3.34. The molecule has 0 saturated heterocycles. The largest absolute Gasteiger partial charge is 0.463 e. The Morgan fingerprint density at radius 2 is 1.93 bits per heavy atom. The molecule has 27 heavy (non-hydrogen) atoms. The summed E-state index contributed by atoms with van der Waals surface area (Å²) in [5, 5.41) is 3.03. The number of furan rings is 1. The second kappa shape index (κ2) is 7.11. The number of hydrogen-bond donors (Lipinski definition) is 1. The van der Waals surface area contributed by atoms with E-state index in [0.717, 1.165) is 16.6 Å². The lowest BCUT2D eigenvalue weighted by Crippen LogP contribution is -2.28. The Balaban J connectivity index is 1.65. The molecule has 0 aliphatic carbocycles. The number of amides is 1. The van der Waals surface area contributed by atoms with Crippen LogP contribution in [0.4, 0.5) is 4.39 Å². The number of carbonyl (C=O) groups excluding carboxylic acids is 1. The highest BCUT2D eigenvalue weighted by Crippen LogP contribution is 2.23. The van der Waals surface area contributed by atoms with E-state index in [1.165, 1.54) is 12.1 Å². The van der Waals surface area contributed by atoms with Gasteiger partial charge in [-0.3, -0.25) is 4.79 Å². The van der Waals surface area contributed by atoms with Gasteiger partial charge in [-0.05, 0) is 30.2 Å². The zero-order valence-electron chi connectivity index (χ0n) is 14.9. The van der Waals surface area contributed by atoms with E-state index in [-0.39, 0.29) is 17.8 Å². The fourth-order valence-electron chi connectivity index (χ4n) is 3.25. The number of nitrogens with zero attached hydrogens (tertiary/aromatic N) is 1. The summed E-state index contributed by atoms with van der Waals surface area (Å²) in [6.45, 7) is 2.32. The number of halogens is 1. The van der Waals surface area contributed by atoms with Crippen molar-refractivity contribution < 1.29 is 13.6 Å². The van der Waals surface area contributed by atoms with Crippen molar-refractivity contribution in [2.24, 2.45) is 0 Å². The predicted octanol–water partition coefficient (Wildman–Crippen LogP) is 4.91. The quantitative estimate of drug-likeness (QED) is 0.548. The summed E-state index contributed by atoms with van der Waals surface area (Å²) in [6, 6.07) is 19.6. The summed E-state index contributed by atoms with van der Waals surface area (Å²) in [5.74, 6) is -0.499. The van der Waals surface area contributed by atoms with Gasteiger partial charge in [0.25, 0.3) is 5.91 Å². The van der Waals surface area contributed by atoms with Crippen LogP contribution >= 0.6 is 0 Å². The SMILES string of the molecule is CC(NC(=O)c1cc2occc2n1Cc1cccc(F)c1)c1ccccc1. The Morgan fingerprint density at radius 3 is 2.70 bits per heavy atom. The first kappa shape index (κ1) is 17.1. The Morgan fingerprint density at radius 1 is 1.11 bits per heavy atom. The first-order valence-corrected chi connectivity index (χ1v) is 8.79. The van der Waals surface area contributed by atoms with Crippen molar-refractivity contribution >= 4 is 17.0 Å². The van der Waals surface area contributed by atoms with Crippen molar-refractivity contribution in [3.8, 4) is 0 Å². The molecule has 1 unspecified atom stereocenters. The maximum absolute atomic E-state index is 13.6. The second-order valence-corrected chi connectivity index (χ2v) is 6.52. The molecule has 0 aliphatic rings. The van der Waals surface area contributed by atoms with Gasteiger partial charge in [0.1, 0.15) is 11.5 Å². The first-order valence-electron chi connectivity index (χ1n) is 8.79. The number of rotatable bonds is 5. The molecule has 1 amide bonds. The highest BCUT2D eigenvalue weighted by Gasteiger charge is 2.19. The molecule has 0 aliphatic heterocycles. The van der Waals surface area contributed by atoms with Gasteiger partial charge in [0.2, 0.25) is 0 Å². The van der Waals surface area contributed by atoms with Crippen LogP contribution in [0, 0.1) is 5.82 Å². The summed E-state index contributed by atoms with van der Waals surface area (Å²) in [6.07, 6.45) is 1.58. The molecule has 4 aromatic rings. The van der Waals surface area contributed by atoms with Gasteiger partial charge in [-0.25, -0.2) is 4.39 Å². The smallest absolute Gasteiger partial charge is 0.268 e. The predicted molar refractivity (Wildman–Crippen MR) is 102 cm³/mol. The molecule has 0 spiro atoms. The molecular weight excluding hydrogens is 343 g/mol. The van der Waals surface area contributed by atoms with Crippen LogP contribution in [0.3, 0.4) is 0 Å². The maximum atomic E-state index is 13.6. The minimum atomic E-state index is -0.299. The van der Waals surface area contributed by atoms with Gasteiger partial charge >= 0.3 is 0 Å². The summed E-state index contributed by atoms with van der Waals surface area (Å²) in [7, 11) is 0. The molecule has 0 fully saturated rings. The molecule has 0 bridgehead atoms. The highest BCUT2D eigenvalue weighted by atomic mass is 19.1. The maximum Gasteiger partial charge on any atom is 0.268 e. The van der Waals surface area contributed by atoms with Gasteiger partial charge in [-0.15, -0.1) is 0 Å². The van der Waals surface area contributed by atoms with E-state index < -0.39 is 0 Å². The van der Waals surface area contributed by atoms with Crippen LogP contribution in [0.5, 0.6) is 0 Å². The number of benzene rings is 2. The van der Waals surface area contributed by atoms with Crippen molar-refractivity contribution in [1.29, 1.82) is 0 Å². The molecule has 2 aromatic heterocycles. The van der Waals surface area contributed by atoms with Crippen LogP contribution in [0.1, 0.15) is 34.6 Å². The zero-order valence-corrected chi connectivity index (χ0v) is 14.9. The van der Waals surface area contributed by atoms with Gasteiger partial charge < -0.3 is 14.3 Å². The minimum absolute atomic E-state index is 0.137. The van der Waals surface area contributed by atoms with E-state index >= 15 is 0 Å². The van der Waals surface area contributed by atoms with E-state index in [9.17, 15) is 9.18 Å². The molecule has 1 atom stereocenters. The molecule has 0 radical (unpaired) electrons. The van der Waals surface area contributed by atoms with E-state index in [0.29, 0.717) is 17.8 Å². The first-order chi connectivity index (χ1) is 13.1. The van der Waals surface area contributed by atoms with Crippen molar-refractivity contribution in [1.82, 2.24) is 9.88 Å². The zero-order chi connectivity index (χ0) is 18.8. The highest BCUT2D eigenvalue weighted by molar-refractivity contribution is 5.97. The van der Waals surface area contributed by atoms with E-state index in [4.69, 9.17) is 4.42 Å². The van der Waals surface area contributed by atoms with Gasteiger partial charge in [0, 0.05) is 18.7 Å².